The Balaban J connectivity index is 2.09. The number of hydrogen-bond donors (Lipinski definition) is 2. The summed E-state index contributed by atoms with van der Waals surface area (Å²) in [6.45, 7) is 0. The van der Waals surface area contributed by atoms with Crippen LogP contribution in [0, 0.1) is 5.92 Å². The van der Waals surface area contributed by atoms with E-state index in [-0.39, 0.29) is 5.56 Å². The van der Waals surface area contributed by atoms with Crippen LogP contribution in [0.1, 0.15) is 35.4 Å². The fourth-order valence-electron chi connectivity index (χ4n) is 1.46. The summed E-state index contributed by atoms with van der Waals surface area (Å²) >= 11 is 0. The Labute approximate surface area is 86.2 Å². The van der Waals surface area contributed by atoms with Gasteiger partial charge in [-0.2, -0.15) is 0 Å². The van der Waals surface area contributed by atoms with Crippen molar-refractivity contribution in [1.29, 1.82) is 0 Å². The summed E-state index contributed by atoms with van der Waals surface area (Å²) in [5.41, 5.74) is -0.867. The molecule has 1 fully saturated rings. The lowest BCUT2D eigenvalue weighted by Crippen LogP contribution is -2.20. The highest BCUT2D eigenvalue weighted by Crippen LogP contribution is 2.32. The van der Waals surface area contributed by atoms with Crippen molar-refractivity contribution in [1.82, 2.24) is 9.97 Å². The molecule has 5 nitrogen and oxygen atoms in total. The number of aromatic carboxylic acids is 1. The average molecular weight is 208 g/mol. The second-order valence-electron chi connectivity index (χ2n) is 3.86. The van der Waals surface area contributed by atoms with Crippen molar-refractivity contribution in [2.75, 3.05) is 0 Å². The lowest BCUT2D eigenvalue weighted by Gasteiger charge is -1.99. The Bertz CT molecular complexity index is 435. The van der Waals surface area contributed by atoms with Crippen LogP contribution in [-0.4, -0.2) is 21.0 Å². The number of nitrogens with one attached hydrogen (secondary N) is 1. The molecule has 2 rings (SSSR count). The Hall–Kier alpha value is -1.65. The predicted molar refractivity (Wildman–Crippen MR) is 52.9 cm³/mol. The van der Waals surface area contributed by atoms with Gasteiger partial charge in [-0.05, 0) is 12.3 Å². The minimum absolute atomic E-state index is 0.301. The Morgan fingerprint density at radius 2 is 2.33 bits per heavy atom. The zero-order chi connectivity index (χ0) is 10.8. The van der Waals surface area contributed by atoms with Gasteiger partial charge in [0.25, 0.3) is 5.56 Å². The molecular formula is C10H12N2O3. The number of nitrogens with zero attached hydrogens (tertiary/aromatic N) is 1. The lowest BCUT2D eigenvalue weighted by molar-refractivity contribution is 0.0694. The van der Waals surface area contributed by atoms with Crippen LogP contribution in [0.2, 0.25) is 0 Å². The van der Waals surface area contributed by atoms with E-state index in [1.54, 1.807) is 0 Å². The summed E-state index contributed by atoms with van der Waals surface area (Å²) in [4.78, 5) is 28.2. The molecule has 1 aliphatic carbocycles. The molecule has 0 atom stereocenters. The highest BCUT2D eigenvalue weighted by Gasteiger charge is 2.21. The van der Waals surface area contributed by atoms with Gasteiger partial charge >= 0.3 is 5.97 Å². The van der Waals surface area contributed by atoms with Crippen molar-refractivity contribution in [2.45, 2.75) is 25.7 Å². The third-order valence-electron chi connectivity index (χ3n) is 2.57. The van der Waals surface area contributed by atoms with Crippen LogP contribution in [0.3, 0.4) is 0 Å². The van der Waals surface area contributed by atoms with E-state index in [0.29, 0.717) is 5.82 Å². The second-order valence-corrected chi connectivity index (χ2v) is 3.86. The summed E-state index contributed by atoms with van der Waals surface area (Å²) in [6, 6.07) is 0. The number of rotatable bonds is 4. The van der Waals surface area contributed by atoms with Crippen molar-refractivity contribution in [3.63, 3.8) is 0 Å². The van der Waals surface area contributed by atoms with Gasteiger partial charge in [0.15, 0.2) is 0 Å². The van der Waals surface area contributed by atoms with E-state index in [9.17, 15) is 9.59 Å². The topological polar surface area (TPSA) is 83.0 Å². The highest BCUT2D eigenvalue weighted by molar-refractivity contribution is 5.86. The van der Waals surface area contributed by atoms with E-state index in [0.717, 1.165) is 25.0 Å². The van der Waals surface area contributed by atoms with Crippen molar-refractivity contribution in [3.8, 4) is 0 Å². The summed E-state index contributed by atoms with van der Waals surface area (Å²) in [7, 11) is 0. The average Bonchev–Trinajstić information content (AvgIpc) is 2.97. The molecule has 0 aliphatic heterocycles. The fraction of sp³-hybridized carbons (Fsp3) is 0.500. The molecule has 2 N–H and O–H groups in total. The quantitative estimate of drug-likeness (QED) is 0.767. The van der Waals surface area contributed by atoms with E-state index in [4.69, 9.17) is 5.11 Å². The van der Waals surface area contributed by atoms with Crippen molar-refractivity contribution in [2.24, 2.45) is 5.92 Å². The van der Waals surface area contributed by atoms with Gasteiger partial charge < -0.3 is 10.1 Å². The number of H-pyrrole nitrogens is 1. The molecule has 0 aromatic carbocycles. The summed E-state index contributed by atoms with van der Waals surface area (Å²) in [6.07, 6.45) is 5.40. The molecule has 0 unspecified atom stereocenters. The van der Waals surface area contributed by atoms with Crippen LogP contribution in [0.15, 0.2) is 11.0 Å². The molecule has 1 saturated carbocycles. The van der Waals surface area contributed by atoms with E-state index in [2.05, 4.69) is 9.97 Å². The monoisotopic (exact) mass is 208 g/mol. The zero-order valence-corrected chi connectivity index (χ0v) is 8.19. The predicted octanol–water partition coefficient (Wildman–Crippen LogP) is 0.811. The molecule has 0 saturated heterocycles. The van der Waals surface area contributed by atoms with Crippen molar-refractivity contribution >= 4 is 5.97 Å². The van der Waals surface area contributed by atoms with E-state index in [1.165, 1.54) is 12.8 Å². The number of aromatic nitrogens is 2. The van der Waals surface area contributed by atoms with Crippen LogP contribution >= 0.6 is 0 Å². The maximum absolute atomic E-state index is 11.3. The van der Waals surface area contributed by atoms with Crippen LogP contribution in [-0.2, 0) is 6.42 Å². The number of carboxylic acid groups (broad SMARTS) is 1. The molecule has 0 amide bonds. The smallest absolute Gasteiger partial charge is 0.342 e. The summed E-state index contributed by atoms with van der Waals surface area (Å²) in [5, 5.41) is 8.62. The van der Waals surface area contributed by atoms with Gasteiger partial charge in [-0.3, -0.25) is 4.79 Å². The first kappa shape index (κ1) is 9.89. The molecule has 1 aromatic rings. The SMILES string of the molecule is O=C(O)c1cnc(CCC2CC2)[nH]c1=O. The van der Waals surface area contributed by atoms with Crippen LogP contribution in [0.5, 0.6) is 0 Å². The number of carboxylic acids is 1. The van der Waals surface area contributed by atoms with E-state index in [1.807, 2.05) is 0 Å². The van der Waals surface area contributed by atoms with Gasteiger partial charge in [-0.25, -0.2) is 9.78 Å². The van der Waals surface area contributed by atoms with Gasteiger partial charge in [-0.1, -0.05) is 12.8 Å². The van der Waals surface area contributed by atoms with Gasteiger partial charge in [0.05, 0.1) is 0 Å². The van der Waals surface area contributed by atoms with E-state index < -0.39 is 11.5 Å². The molecule has 80 valence electrons. The minimum Gasteiger partial charge on any atom is -0.477 e. The number of aryl methyl sites for hydroxylation is 1. The normalized spacial score (nSPS) is 15.2. The Morgan fingerprint density at radius 3 is 2.87 bits per heavy atom. The van der Waals surface area contributed by atoms with E-state index >= 15 is 0 Å². The lowest BCUT2D eigenvalue weighted by atomic mass is 10.2. The highest BCUT2D eigenvalue weighted by atomic mass is 16.4. The van der Waals surface area contributed by atoms with Gasteiger partial charge in [0, 0.05) is 12.6 Å². The molecule has 1 heterocycles. The van der Waals surface area contributed by atoms with Crippen molar-refractivity contribution < 1.29 is 9.90 Å². The summed E-state index contributed by atoms with van der Waals surface area (Å²) in [5.74, 6) is 0.115. The molecule has 0 bridgehead atoms. The number of hydrogen-bond acceptors (Lipinski definition) is 3. The van der Waals surface area contributed by atoms with Crippen molar-refractivity contribution in [3.05, 3.63) is 27.9 Å². The molecular weight excluding hydrogens is 196 g/mol. The maximum Gasteiger partial charge on any atom is 0.342 e. The third kappa shape index (κ3) is 2.43. The fourth-order valence-corrected chi connectivity index (χ4v) is 1.46. The second kappa shape index (κ2) is 3.84. The molecule has 0 spiro atoms. The Morgan fingerprint density at radius 1 is 1.60 bits per heavy atom. The first-order valence-corrected chi connectivity index (χ1v) is 4.98. The zero-order valence-electron chi connectivity index (χ0n) is 8.19. The van der Waals surface area contributed by atoms with Crippen LogP contribution < -0.4 is 5.56 Å². The van der Waals surface area contributed by atoms with Crippen LogP contribution in [0.25, 0.3) is 0 Å². The molecule has 1 aromatic heterocycles. The largest absolute Gasteiger partial charge is 0.477 e. The molecule has 0 radical (unpaired) electrons. The molecule has 1 aliphatic rings. The van der Waals surface area contributed by atoms with Gasteiger partial charge in [0.1, 0.15) is 11.4 Å². The maximum atomic E-state index is 11.3. The van der Waals surface area contributed by atoms with Crippen LogP contribution in [0.4, 0.5) is 0 Å². The van der Waals surface area contributed by atoms with Gasteiger partial charge in [0.2, 0.25) is 0 Å². The number of aromatic amines is 1. The standard InChI is InChI=1S/C10H12N2O3/c13-9-7(10(14)15)5-11-8(12-9)4-3-6-1-2-6/h5-6H,1-4H2,(H,14,15)(H,11,12,13). The Kier molecular flexibility index (Phi) is 2.53. The first-order chi connectivity index (χ1) is 7.16. The summed E-state index contributed by atoms with van der Waals surface area (Å²) < 4.78 is 0. The third-order valence-corrected chi connectivity index (χ3v) is 2.57. The molecule has 15 heavy (non-hydrogen) atoms. The first-order valence-electron chi connectivity index (χ1n) is 4.98. The molecule has 5 heteroatoms. The number of carbonyl (C=O) groups is 1. The van der Waals surface area contributed by atoms with Gasteiger partial charge in [-0.15, -0.1) is 0 Å². The minimum atomic E-state index is -1.24.